The van der Waals surface area contributed by atoms with E-state index in [1.165, 1.54) is 12.1 Å². The summed E-state index contributed by atoms with van der Waals surface area (Å²) in [5.74, 6) is 0. The van der Waals surface area contributed by atoms with Gasteiger partial charge in [0, 0.05) is 19.4 Å². The molecule has 0 saturated carbocycles. The van der Waals surface area contributed by atoms with E-state index in [2.05, 4.69) is 10.6 Å². The molecule has 0 aliphatic rings. The summed E-state index contributed by atoms with van der Waals surface area (Å²) in [7, 11) is -3.21. The molecule has 0 bridgehead atoms. The minimum atomic E-state index is -3.21. The van der Waals surface area contributed by atoms with Gasteiger partial charge >= 0.3 is 6.03 Å². The monoisotopic (exact) mass is 300 g/mol. The minimum Gasteiger partial charge on any atom is -0.396 e. The zero-order chi connectivity index (χ0) is 15.2. The van der Waals surface area contributed by atoms with Crippen molar-refractivity contribution in [2.24, 2.45) is 0 Å². The number of urea groups is 1. The molecule has 3 N–H and O–H groups in total. The van der Waals surface area contributed by atoms with E-state index in [1.807, 2.05) is 0 Å². The Morgan fingerprint density at radius 1 is 1.30 bits per heavy atom. The third kappa shape index (κ3) is 5.18. The van der Waals surface area contributed by atoms with Gasteiger partial charge in [0.1, 0.15) is 0 Å². The van der Waals surface area contributed by atoms with Gasteiger partial charge in [0.25, 0.3) is 0 Å². The van der Waals surface area contributed by atoms with E-state index in [0.29, 0.717) is 13.0 Å². The number of carbonyl (C=O) groups is 1. The molecule has 2 amide bonds. The maximum absolute atomic E-state index is 11.5. The molecule has 0 spiro atoms. The first-order valence-corrected chi connectivity index (χ1v) is 8.19. The van der Waals surface area contributed by atoms with Crippen LogP contribution in [0.1, 0.15) is 24.9 Å². The van der Waals surface area contributed by atoms with Crippen molar-refractivity contribution in [1.29, 1.82) is 0 Å². The van der Waals surface area contributed by atoms with Crippen LogP contribution in [0.4, 0.5) is 4.79 Å². The molecule has 20 heavy (non-hydrogen) atoms. The van der Waals surface area contributed by atoms with E-state index in [9.17, 15) is 13.2 Å². The Balaban J connectivity index is 2.60. The number of aliphatic hydroxyl groups excluding tert-OH is 1. The van der Waals surface area contributed by atoms with Crippen LogP contribution in [-0.4, -0.2) is 39.0 Å². The smallest absolute Gasteiger partial charge is 0.315 e. The third-order valence-corrected chi connectivity index (χ3v) is 3.90. The van der Waals surface area contributed by atoms with Gasteiger partial charge in [0.2, 0.25) is 0 Å². The highest BCUT2D eigenvalue weighted by Gasteiger charge is 2.11. The van der Waals surface area contributed by atoms with Gasteiger partial charge in [-0.1, -0.05) is 12.1 Å². The second-order valence-electron chi connectivity index (χ2n) is 4.54. The Bertz CT molecular complexity index is 540. The number of benzene rings is 1. The van der Waals surface area contributed by atoms with E-state index in [0.717, 1.165) is 11.8 Å². The molecule has 1 rings (SSSR count). The van der Waals surface area contributed by atoms with Crippen molar-refractivity contribution >= 4 is 15.9 Å². The van der Waals surface area contributed by atoms with E-state index >= 15 is 0 Å². The summed E-state index contributed by atoms with van der Waals surface area (Å²) in [4.78, 5) is 11.8. The lowest BCUT2D eigenvalue weighted by Crippen LogP contribution is -2.37. The molecule has 1 unspecified atom stereocenters. The summed E-state index contributed by atoms with van der Waals surface area (Å²) in [5, 5.41) is 14.0. The highest BCUT2D eigenvalue weighted by Crippen LogP contribution is 2.16. The van der Waals surface area contributed by atoms with Gasteiger partial charge < -0.3 is 15.7 Å². The van der Waals surface area contributed by atoms with E-state index in [4.69, 9.17) is 5.11 Å². The summed E-state index contributed by atoms with van der Waals surface area (Å²) in [6.07, 6.45) is 1.66. The van der Waals surface area contributed by atoms with Crippen molar-refractivity contribution < 1.29 is 18.3 Å². The quantitative estimate of drug-likeness (QED) is 0.678. The van der Waals surface area contributed by atoms with E-state index in [1.54, 1.807) is 19.1 Å². The van der Waals surface area contributed by atoms with Crippen LogP contribution in [0.15, 0.2) is 29.2 Å². The van der Waals surface area contributed by atoms with Crippen LogP contribution >= 0.6 is 0 Å². The van der Waals surface area contributed by atoms with Crippen LogP contribution in [0, 0.1) is 0 Å². The van der Waals surface area contributed by atoms with Crippen LogP contribution in [0.2, 0.25) is 0 Å². The Hall–Kier alpha value is -1.60. The van der Waals surface area contributed by atoms with Gasteiger partial charge in [0.15, 0.2) is 9.84 Å². The minimum absolute atomic E-state index is 0.0305. The van der Waals surface area contributed by atoms with Crippen molar-refractivity contribution in [2.45, 2.75) is 24.3 Å². The topological polar surface area (TPSA) is 95.5 Å². The number of nitrogens with one attached hydrogen (secondary N) is 2. The number of rotatable bonds is 6. The summed E-state index contributed by atoms with van der Waals surface area (Å²) in [6, 6.07) is 5.83. The first-order valence-electron chi connectivity index (χ1n) is 6.30. The summed E-state index contributed by atoms with van der Waals surface area (Å²) in [5.41, 5.74) is 0.815. The molecule has 1 aromatic rings. The average Bonchev–Trinajstić information content (AvgIpc) is 2.38. The Morgan fingerprint density at radius 3 is 2.40 bits per heavy atom. The molecular formula is C13H20N2O4S. The molecule has 6 nitrogen and oxygen atoms in total. The van der Waals surface area contributed by atoms with Gasteiger partial charge in [-0.05, 0) is 31.0 Å². The zero-order valence-corrected chi connectivity index (χ0v) is 12.4. The van der Waals surface area contributed by atoms with Crippen LogP contribution < -0.4 is 10.6 Å². The normalized spacial score (nSPS) is 12.8. The molecule has 0 radical (unpaired) electrons. The largest absolute Gasteiger partial charge is 0.396 e. The molecule has 0 saturated heterocycles. The van der Waals surface area contributed by atoms with Crippen LogP contribution in [-0.2, 0) is 9.84 Å². The molecule has 112 valence electrons. The number of hydrogen-bond donors (Lipinski definition) is 3. The van der Waals surface area contributed by atoms with Crippen molar-refractivity contribution in [3.05, 3.63) is 29.8 Å². The molecule has 0 aliphatic carbocycles. The molecule has 0 heterocycles. The van der Waals surface area contributed by atoms with Gasteiger partial charge in [-0.25, -0.2) is 13.2 Å². The fourth-order valence-electron chi connectivity index (χ4n) is 1.62. The predicted molar refractivity (Wildman–Crippen MR) is 76.2 cm³/mol. The second-order valence-corrected chi connectivity index (χ2v) is 6.56. The molecular weight excluding hydrogens is 280 g/mol. The van der Waals surface area contributed by atoms with E-state index in [-0.39, 0.29) is 23.6 Å². The molecule has 7 heteroatoms. The van der Waals surface area contributed by atoms with E-state index < -0.39 is 9.84 Å². The first-order chi connectivity index (χ1) is 9.34. The summed E-state index contributed by atoms with van der Waals surface area (Å²) in [6.45, 7) is 2.24. The maximum Gasteiger partial charge on any atom is 0.315 e. The van der Waals surface area contributed by atoms with Crippen molar-refractivity contribution in [1.82, 2.24) is 10.6 Å². The third-order valence-electron chi connectivity index (χ3n) is 2.78. The number of carbonyl (C=O) groups excluding carboxylic acids is 1. The van der Waals surface area contributed by atoms with Crippen LogP contribution in [0.3, 0.4) is 0 Å². The molecule has 1 atom stereocenters. The number of sulfone groups is 1. The predicted octanol–water partition coefficient (Wildman–Crippen LogP) is 0.833. The van der Waals surface area contributed by atoms with Crippen molar-refractivity contribution in [3.8, 4) is 0 Å². The lowest BCUT2D eigenvalue weighted by Gasteiger charge is -2.15. The van der Waals surface area contributed by atoms with Gasteiger partial charge in [-0.3, -0.25) is 0 Å². The van der Waals surface area contributed by atoms with Crippen LogP contribution in [0.5, 0.6) is 0 Å². The highest BCUT2D eigenvalue weighted by molar-refractivity contribution is 7.90. The number of amides is 2. The standard InChI is InChI=1S/C13H20N2O4S/c1-10(15-13(17)14-8-3-9-16)11-4-6-12(7-5-11)20(2,18)19/h4-7,10,16H,3,8-9H2,1-2H3,(H2,14,15,17). The summed E-state index contributed by atoms with van der Waals surface area (Å²) < 4.78 is 22.7. The SMILES string of the molecule is CC(NC(=O)NCCCO)c1ccc(S(C)(=O)=O)cc1. The fraction of sp³-hybridized carbons (Fsp3) is 0.462. The fourth-order valence-corrected chi connectivity index (χ4v) is 2.25. The molecule has 0 fully saturated rings. The molecule has 0 aliphatic heterocycles. The average molecular weight is 300 g/mol. The number of hydrogen-bond acceptors (Lipinski definition) is 4. The summed E-state index contributed by atoms with van der Waals surface area (Å²) >= 11 is 0. The Kier molecular flexibility index (Phi) is 5.97. The first kappa shape index (κ1) is 16.5. The number of aliphatic hydroxyl groups is 1. The van der Waals surface area contributed by atoms with Crippen LogP contribution in [0.25, 0.3) is 0 Å². The highest BCUT2D eigenvalue weighted by atomic mass is 32.2. The molecule has 0 aromatic heterocycles. The lowest BCUT2D eigenvalue weighted by atomic mass is 10.1. The molecule has 1 aromatic carbocycles. The Morgan fingerprint density at radius 2 is 1.90 bits per heavy atom. The van der Waals surface area contributed by atoms with Crippen molar-refractivity contribution in [2.75, 3.05) is 19.4 Å². The van der Waals surface area contributed by atoms with Gasteiger partial charge in [-0.2, -0.15) is 0 Å². The lowest BCUT2D eigenvalue weighted by molar-refractivity contribution is 0.235. The van der Waals surface area contributed by atoms with Gasteiger partial charge in [-0.15, -0.1) is 0 Å². The Labute approximate surface area is 119 Å². The second kappa shape index (κ2) is 7.25. The van der Waals surface area contributed by atoms with Gasteiger partial charge in [0.05, 0.1) is 10.9 Å². The maximum atomic E-state index is 11.5. The zero-order valence-electron chi connectivity index (χ0n) is 11.6. The van der Waals surface area contributed by atoms with Crippen molar-refractivity contribution in [3.63, 3.8) is 0 Å².